The highest BCUT2D eigenvalue weighted by molar-refractivity contribution is 5.69. The maximum atomic E-state index is 11.1. The first-order valence-electron chi connectivity index (χ1n) is 15.0. The molecule has 0 saturated carbocycles. The molecule has 0 fully saturated rings. The van der Waals surface area contributed by atoms with E-state index in [2.05, 4.69) is 13.8 Å². The Labute approximate surface area is 221 Å². The van der Waals surface area contributed by atoms with Crippen molar-refractivity contribution < 1.29 is 29.7 Å². The predicted molar refractivity (Wildman–Crippen MR) is 149 cm³/mol. The van der Waals surface area contributed by atoms with Crippen molar-refractivity contribution >= 4 is 17.9 Å². The van der Waals surface area contributed by atoms with Gasteiger partial charge in [-0.2, -0.15) is 0 Å². The van der Waals surface area contributed by atoms with E-state index in [-0.39, 0.29) is 5.92 Å². The number of hydrogen-bond acceptors (Lipinski definition) is 3. The number of rotatable bonds is 26. The van der Waals surface area contributed by atoms with Crippen molar-refractivity contribution in [3.05, 3.63) is 0 Å². The average Bonchev–Trinajstić information content (AvgIpc) is 2.83. The predicted octanol–water partition coefficient (Wildman–Crippen LogP) is 9.25. The summed E-state index contributed by atoms with van der Waals surface area (Å²) in [5.74, 6) is -2.07. The quantitative estimate of drug-likeness (QED) is 0.0991. The van der Waals surface area contributed by atoms with Crippen LogP contribution in [0.25, 0.3) is 0 Å². The van der Waals surface area contributed by atoms with Crippen LogP contribution in [0, 0.1) is 5.92 Å². The largest absolute Gasteiger partial charge is 0.481 e. The van der Waals surface area contributed by atoms with Crippen molar-refractivity contribution in [2.24, 2.45) is 5.92 Å². The topological polar surface area (TPSA) is 112 Å². The van der Waals surface area contributed by atoms with Crippen molar-refractivity contribution in [1.29, 1.82) is 0 Å². The van der Waals surface area contributed by atoms with E-state index >= 15 is 0 Å². The van der Waals surface area contributed by atoms with Crippen LogP contribution < -0.4 is 0 Å². The molecule has 0 heterocycles. The lowest BCUT2D eigenvalue weighted by Crippen LogP contribution is -2.13. The summed E-state index contributed by atoms with van der Waals surface area (Å²) < 4.78 is 0. The Morgan fingerprint density at radius 1 is 0.444 bits per heavy atom. The van der Waals surface area contributed by atoms with Gasteiger partial charge in [0, 0.05) is 12.8 Å². The molecule has 1 unspecified atom stereocenters. The molecule has 0 aromatic heterocycles. The molecular formula is C30H58O6. The zero-order chi connectivity index (χ0) is 27.3. The zero-order valence-corrected chi connectivity index (χ0v) is 23.6. The van der Waals surface area contributed by atoms with Gasteiger partial charge >= 0.3 is 17.9 Å². The van der Waals surface area contributed by atoms with Gasteiger partial charge in [-0.3, -0.25) is 14.4 Å². The molecule has 0 aromatic carbocycles. The smallest absolute Gasteiger partial charge is 0.306 e. The third-order valence-corrected chi connectivity index (χ3v) is 6.69. The van der Waals surface area contributed by atoms with E-state index in [1.54, 1.807) is 0 Å². The highest BCUT2D eigenvalue weighted by Crippen LogP contribution is 2.19. The van der Waals surface area contributed by atoms with Crippen LogP contribution >= 0.6 is 0 Å². The van der Waals surface area contributed by atoms with Crippen LogP contribution in [0.2, 0.25) is 0 Å². The second kappa shape index (κ2) is 29.6. The van der Waals surface area contributed by atoms with Crippen LogP contribution in [0.15, 0.2) is 0 Å². The second-order valence-corrected chi connectivity index (χ2v) is 10.3. The van der Waals surface area contributed by atoms with Crippen LogP contribution in [0.5, 0.6) is 0 Å². The van der Waals surface area contributed by atoms with Crippen LogP contribution in [-0.4, -0.2) is 33.2 Å². The van der Waals surface area contributed by atoms with Gasteiger partial charge in [-0.1, -0.05) is 129 Å². The third-order valence-electron chi connectivity index (χ3n) is 6.69. The van der Waals surface area contributed by atoms with Crippen LogP contribution in [0.1, 0.15) is 168 Å². The standard InChI is InChI=1S/C16H32O2.C14H26O4/c1-3-5-7-9-10-12-14-15(16(17)18)13-11-8-6-4-2;15-13(16)11-9-7-5-3-1-2-4-6-8-10-12-14(17)18/h15H,3-14H2,1-2H3,(H,17,18);1-12H2,(H,15,16)(H,17,18). The molecule has 6 heteroatoms. The first-order chi connectivity index (χ1) is 17.3. The van der Waals surface area contributed by atoms with Gasteiger partial charge in [-0.15, -0.1) is 0 Å². The van der Waals surface area contributed by atoms with Gasteiger partial charge in [0.2, 0.25) is 0 Å². The summed E-state index contributed by atoms with van der Waals surface area (Å²) in [6, 6.07) is 0. The summed E-state index contributed by atoms with van der Waals surface area (Å²) in [7, 11) is 0. The Morgan fingerprint density at radius 2 is 0.722 bits per heavy atom. The van der Waals surface area contributed by atoms with E-state index < -0.39 is 17.9 Å². The monoisotopic (exact) mass is 514 g/mol. The van der Waals surface area contributed by atoms with E-state index in [0.29, 0.717) is 12.8 Å². The lowest BCUT2D eigenvalue weighted by Gasteiger charge is -2.11. The summed E-state index contributed by atoms with van der Waals surface area (Å²) in [6.45, 7) is 4.40. The summed E-state index contributed by atoms with van der Waals surface area (Å²) in [6.07, 6.45) is 25.3. The van der Waals surface area contributed by atoms with Crippen molar-refractivity contribution in [1.82, 2.24) is 0 Å². The summed E-state index contributed by atoms with van der Waals surface area (Å²) in [4.78, 5) is 31.7. The van der Waals surface area contributed by atoms with Gasteiger partial charge in [-0.05, 0) is 25.7 Å². The fourth-order valence-electron chi connectivity index (χ4n) is 4.35. The minimum Gasteiger partial charge on any atom is -0.481 e. The molecule has 0 rings (SSSR count). The Morgan fingerprint density at radius 3 is 1.03 bits per heavy atom. The SMILES string of the molecule is CCCCCCCCC(CCCCCC)C(=O)O.O=C(O)CCCCCCCCCCCCC(=O)O. The summed E-state index contributed by atoms with van der Waals surface area (Å²) in [5.41, 5.74) is 0. The van der Waals surface area contributed by atoms with Gasteiger partial charge in [0.25, 0.3) is 0 Å². The minimum absolute atomic E-state index is 0.0898. The Bertz CT molecular complexity index is 482. The Balaban J connectivity index is 0. The molecule has 214 valence electrons. The van der Waals surface area contributed by atoms with E-state index in [0.717, 1.165) is 64.2 Å². The molecule has 0 saturated heterocycles. The third kappa shape index (κ3) is 32.4. The molecule has 0 aliphatic rings. The molecule has 0 aliphatic heterocycles. The fourth-order valence-corrected chi connectivity index (χ4v) is 4.35. The average molecular weight is 515 g/mol. The number of unbranched alkanes of at least 4 members (excludes halogenated alkanes) is 17. The Kier molecular flexibility index (Phi) is 30.1. The zero-order valence-electron chi connectivity index (χ0n) is 23.6. The van der Waals surface area contributed by atoms with Crippen molar-refractivity contribution in [3.63, 3.8) is 0 Å². The molecule has 36 heavy (non-hydrogen) atoms. The normalized spacial score (nSPS) is 11.5. The maximum absolute atomic E-state index is 11.1. The number of carboxylic acids is 3. The van der Waals surface area contributed by atoms with Gasteiger partial charge in [0.15, 0.2) is 0 Å². The summed E-state index contributed by atoms with van der Waals surface area (Å²) >= 11 is 0. The molecule has 0 aliphatic carbocycles. The highest BCUT2D eigenvalue weighted by atomic mass is 16.4. The van der Waals surface area contributed by atoms with Gasteiger partial charge in [0.1, 0.15) is 0 Å². The van der Waals surface area contributed by atoms with Crippen LogP contribution in [0.3, 0.4) is 0 Å². The number of carboxylic acid groups (broad SMARTS) is 3. The molecular weight excluding hydrogens is 456 g/mol. The molecule has 0 spiro atoms. The maximum Gasteiger partial charge on any atom is 0.306 e. The first kappa shape index (κ1) is 36.6. The second-order valence-electron chi connectivity index (χ2n) is 10.3. The molecule has 6 nitrogen and oxygen atoms in total. The number of carbonyl (C=O) groups is 3. The van der Waals surface area contributed by atoms with E-state index in [9.17, 15) is 19.5 Å². The highest BCUT2D eigenvalue weighted by Gasteiger charge is 2.16. The molecule has 0 aromatic rings. The lowest BCUT2D eigenvalue weighted by atomic mass is 9.94. The molecule has 0 bridgehead atoms. The van der Waals surface area contributed by atoms with Gasteiger partial charge in [-0.25, -0.2) is 0 Å². The van der Waals surface area contributed by atoms with E-state index in [4.69, 9.17) is 10.2 Å². The molecule has 3 N–H and O–H groups in total. The summed E-state index contributed by atoms with van der Waals surface area (Å²) in [5, 5.41) is 26.1. The lowest BCUT2D eigenvalue weighted by molar-refractivity contribution is -0.142. The van der Waals surface area contributed by atoms with Crippen molar-refractivity contribution in [3.8, 4) is 0 Å². The molecule has 0 amide bonds. The number of aliphatic carboxylic acids is 3. The van der Waals surface area contributed by atoms with Crippen LogP contribution in [-0.2, 0) is 14.4 Å². The molecule has 0 radical (unpaired) electrons. The molecule has 1 atom stereocenters. The van der Waals surface area contributed by atoms with Crippen LogP contribution in [0.4, 0.5) is 0 Å². The van der Waals surface area contributed by atoms with Gasteiger partial charge in [0.05, 0.1) is 5.92 Å². The Hall–Kier alpha value is -1.59. The van der Waals surface area contributed by atoms with Crippen molar-refractivity contribution in [2.45, 2.75) is 168 Å². The van der Waals surface area contributed by atoms with E-state index in [1.807, 2.05) is 0 Å². The number of hydrogen-bond donors (Lipinski definition) is 3. The van der Waals surface area contributed by atoms with Crippen molar-refractivity contribution in [2.75, 3.05) is 0 Å². The fraction of sp³-hybridized carbons (Fsp3) is 0.900. The minimum atomic E-state index is -0.698. The van der Waals surface area contributed by atoms with E-state index in [1.165, 1.54) is 77.0 Å². The van der Waals surface area contributed by atoms with Gasteiger partial charge < -0.3 is 15.3 Å². The first-order valence-corrected chi connectivity index (χ1v) is 15.0.